The molecule has 6 heteroatoms. The first-order valence-electron chi connectivity index (χ1n) is 13.0. The van der Waals surface area contributed by atoms with Crippen molar-refractivity contribution in [2.24, 2.45) is 5.92 Å². The maximum Gasteiger partial charge on any atom is 0.177 e. The van der Waals surface area contributed by atoms with E-state index in [9.17, 15) is 8.42 Å². The normalized spacial score (nSPS) is 16.6. The van der Waals surface area contributed by atoms with E-state index in [0.29, 0.717) is 19.6 Å². The van der Waals surface area contributed by atoms with Crippen LogP contribution in [0.15, 0.2) is 0 Å². The first kappa shape index (κ1) is 28.9. The van der Waals surface area contributed by atoms with Crippen molar-refractivity contribution >= 4 is 9.84 Å². The molecule has 1 saturated carbocycles. The van der Waals surface area contributed by atoms with Gasteiger partial charge in [0.15, 0.2) is 15.3 Å². The van der Waals surface area contributed by atoms with E-state index in [0.717, 1.165) is 12.3 Å². The zero-order chi connectivity index (χ0) is 22.6. The van der Waals surface area contributed by atoms with Crippen LogP contribution in [0.25, 0.3) is 0 Å². The predicted octanol–water partition coefficient (Wildman–Crippen LogP) is 6.03. The van der Waals surface area contributed by atoms with Gasteiger partial charge in [0.05, 0.1) is 12.4 Å². The minimum atomic E-state index is -3.32. The number of methoxy groups -OCH3 is 1. The number of hydrogen-bond donors (Lipinski definition) is 1. The first-order valence-corrected chi connectivity index (χ1v) is 14.7. The summed E-state index contributed by atoms with van der Waals surface area (Å²) in [4.78, 5) is 0. The number of aliphatic hydroxyl groups is 1. The average Bonchev–Trinajstić information content (AvgIpc) is 2.78. The first-order chi connectivity index (χ1) is 15.1. The SMILES string of the molecule is COC(CCOCCCCCCCCCCCCC1CCCCC1)S(=O)(=O)CCCO. The summed E-state index contributed by atoms with van der Waals surface area (Å²) >= 11 is 0. The maximum atomic E-state index is 12.1. The van der Waals surface area contributed by atoms with Crippen LogP contribution in [-0.4, -0.2) is 51.6 Å². The highest BCUT2D eigenvalue weighted by atomic mass is 32.2. The van der Waals surface area contributed by atoms with Crippen LogP contribution in [0.1, 0.15) is 116 Å². The van der Waals surface area contributed by atoms with Gasteiger partial charge in [-0.25, -0.2) is 8.42 Å². The van der Waals surface area contributed by atoms with Gasteiger partial charge < -0.3 is 14.6 Å². The van der Waals surface area contributed by atoms with E-state index < -0.39 is 15.3 Å². The molecule has 1 N–H and O–H groups in total. The fourth-order valence-electron chi connectivity index (χ4n) is 4.65. The van der Waals surface area contributed by atoms with Crippen molar-refractivity contribution < 1.29 is 23.0 Å². The zero-order valence-electron chi connectivity index (χ0n) is 20.2. The van der Waals surface area contributed by atoms with Crippen molar-refractivity contribution in [1.82, 2.24) is 0 Å². The fraction of sp³-hybridized carbons (Fsp3) is 1.00. The van der Waals surface area contributed by atoms with E-state index in [1.807, 2.05) is 0 Å². The lowest BCUT2D eigenvalue weighted by Gasteiger charge is -2.21. The van der Waals surface area contributed by atoms with Crippen LogP contribution in [0.5, 0.6) is 0 Å². The summed E-state index contributed by atoms with van der Waals surface area (Å²) in [6.45, 7) is 0.971. The maximum absolute atomic E-state index is 12.1. The number of hydrogen-bond acceptors (Lipinski definition) is 5. The molecule has 1 unspecified atom stereocenters. The van der Waals surface area contributed by atoms with Crippen molar-refractivity contribution in [2.75, 3.05) is 32.7 Å². The molecule has 31 heavy (non-hydrogen) atoms. The van der Waals surface area contributed by atoms with E-state index in [1.54, 1.807) is 0 Å². The van der Waals surface area contributed by atoms with Crippen LogP contribution in [0.2, 0.25) is 0 Å². The Kier molecular flexibility index (Phi) is 18.0. The lowest BCUT2D eigenvalue weighted by atomic mass is 9.85. The van der Waals surface area contributed by atoms with Crippen LogP contribution in [0.4, 0.5) is 0 Å². The van der Waals surface area contributed by atoms with E-state index in [2.05, 4.69) is 0 Å². The molecule has 0 bridgehead atoms. The number of unbranched alkanes of at least 4 members (excludes halogenated alkanes) is 9. The van der Waals surface area contributed by atoms with Crippen LogP contribution in [-0.2, 0) is 19.3 Å². The number of rotatable bonds is 21. The van der Waals surface area contributed by atoms with Gasteiger partial charge in [0.1, 0.15) is 0 Å². The van der Waals surface area contributed by atoms with Gasteiger partial charge in [-0.3, -0.25) is 0 Å². The second-order valence-electron chi connectivity index (χ2n) is 9.34. The summed E-state index contributed by atoms with van der Waals surface area (Å²) in [5.41, 5.74) is -0.827. The fourth-order valence-corrected chi connectivity index (χ4v) is 6.19. The molecule has 5 nitrogen and oxygen atoms in total. The molecule has 0 spiro atoms. The van der Waals surface area contributed by atoms with Gasteiger partial charge in [-0.1, -0.05) is 96.3 Å². The molecule has 0 aliphatic heterocycles. The minimum absolute atomic E-state index is 0.0392. The Labute approximate surface area is 192 Å². The molecular weight excluding hydrogens is 412 g/mol. The molecule has 1 fully saturated rings. The molecule has 0 amide bonds. The Morgan fingerprint density at radius 1 is 0.806 bits per heavy atom. The Bertz CT molecular complexity index is 488. The summed E-state index contributed by atoms with van der Waals surface area (Å²) in [6.07, 6.45) is 22.7. The van der Waals surface area contributed by atoms with Gasteiger partial charge in [-0.15, -0.1) is 0 Å². The highest BCUT2D eigenvalue weighted by Gasteiger charge is 2.24. The highest BCUT2D eigenvalue weighted by molar-refractivity contribution is 7.91. The van der Waals surface area contributed by atoms with Gasteiger partial charge in [0, 0.05) is 26.7 Å². The van der Waals surface area contributed by atoms with Gasteiger partial charge in [0.2, 0.25) is 0 Å². The summed E-state index contributed by atoms with van der Waals surface area (Å²) in [5, 5.41) is 8.80. The van der Waals surface area contributed by atoms with Crippen molar-refractivity contribution in [3.8, 4) is 0 Å². The number of sulfone groups is 1. The van der Waals surface area contributed by atoms with Crippen molar-refractivity contribution in [3.63, 3.8) is 0 Å². The zero-order valence-corrected chi connectivity index (χ0v) is 21.0. The molecule has 0 aromatic carbocycles. The van der Waals surface area contributed by atoms with Gasteiger partial charge in [-0.05, 0) is 18.8 Å². The van der Waals surface area contributed by atoms with Gasteiger partial charge in [-0.2, -0.15) is 0 Å². The Balaban J connectivity index is 1.82. The van der Waals surface area contributed by atoms with Crippen LogP contribution < -0.4 is 0 Å². The molecule has 0 saturated heterocycles. The standard InChI is InChI=1S/C25H50O5S/c1-29-25(31(27,28)23-15-20-26)19-22-30-21-14-9-7-5-3-2-4-6-8-11-16-24-17-12-10-13-18-24/h24-26H,2-23H2,1H3. The molecule has 186 valence electrons. The molecular formula is C25H50O5S. The minimum Gasteiger partial charge on any atom is -0.396 e. The van der Waals surface area contributed by atoms with E-state index in [1.165, 1.54) is 103 Å². The van der Waals surface area contributed by atoms with Crippen molar-refractivity contribution in [1.29, 1.82) is 0 Å². The second kappa shape index (κ2) is 19.3. The third-order valence-electron chi connectivity index (χ3n) is 6.62. The summed E-state index contributed by atoms with van der Waals surface area (Å²) < 4.78 is 34.8. The smallest absolute Gasteiger partial charge is 0.177 e. The summed E-state index contributed by atoms with van der Waals surface area (Å²) in [6, 6.07) is 0. The topological polar surface area (TPSA) is 72.8 Å². The van der Waals surface area contributed by atoms with Crippen LogP contribution in [0.3, 0.4) is 0 Å². The molecule has 1 aliphatic carbocycles. The molecule has 1 aliphatic rings. The van der Waals surface area contributed by atoms with E-state index >= 15 is 0 Å². The quantitative estimate of drug-likeness (QED) is 0.211. The highest BCUT2D eigenvalue weighted by Crippen LogP contribution is 2.28. The average molecular weight is 463 g/mol. The lowest BCUT2D eigenvalue weighted by Crippen LogP contribution is -2.27. The monoisotopic (exact) mass is 462 g/mol. The van der Waals surface area contributed by atoms with Crippen molar-refractivity contribution in [2.45, 2.75) is 121 Å². The van der Waals surface area contributed by atoms with Crippen molar-refractivity contribution in [3.05, 3.63) is 0 Å². The predicted molar refractivity (Wildman–Crippen MR) is 129 cm³/mol. The number of ether oxygens (including phenoxy) is 2. The Morgan fingerprint density at radius 3 is 1.97 bits per heavy atom. The van der Waals surface area contributed by atoms with E-state index in [-0.39, 0.29) is 18.8 Å². The molecule has 0 heterocycles. The summed E-state index contributed by atoms with van der Waals surface area (Å²) in [5.74, 6) is 1.01. The lowest BCUT2D eigenvalue weighted by molar-refractivity contribution is 0.0850. The molecule has 1 atom stereocenters. The van der Waals surface area contributed by atoms with Crippen LogP contribution >= 0.6 is 0 Å². The third kappa shape index (κ3) is 15.3. The molecule has 0 aromatic heterocycles. The molecule has 0 radical (unpaired) electrons. The second-order valence-corrected chi connectivity index (χ2v) is 11.6. The third-order valence-corrected chi connectivity index (χ3v) is 8.71. The largest absolute Gasteiger partial charge is 0.396 e. The van der Waals surface area contributed by atoms with E-state index in [4.69, 9.17) is 14.6 Å². The van der Waals surface area contributed by atoms with Gasteiger partial charge >= 0.3 is 0 Å². The summed E-state index contributed by atoms with van der Waals surface area (Å²) in [7, 11) is -1.90. The molecule has 1 rings (SSSR count). The Hall–Kier alpha value is -0.170. The Morgan fingerprint density at radius 2 is 1.39 bits per heavy atom. The number of aliphatic hydroxyl groups excluding tert-OH is 1. The van der Waals surface area contributed by atoms with Gasteiger partial charge in [0.25, 0.3) is 0 Å². The molecule has 0 aromatic rings. The van der Waals surface area contributed by atoms with Crippen LogP contribution in [0, 0.1) is 5.92 Å².